The summed E-state index contributed by atoms with van der Waals surface area (Å²) in [5.74, 6) is 0.648. The predicted octanol–water partition coefficient (Wildman–Crippen LogP) is 2.04. The van der Waals surface area contributed by atoms with E-state index in [0.717, 1.165) is 39.0 Å². The van der Waals surface area contributed by atoms with Crippen molar-refractivity contribution in [2.45, 2.75) is 44.9 Å². The normalized spacial score (nSPS) is 26.5. The molecule has 6 heteroatoms. The molecule has 0 saturated carbocycles. The summed E-state index contributed by atoms with van der Waals surface area (Å²) in [5.41, 5.74) is 0.581. The molecule has 6 nitrogen and oxygen atoms in total. The minimum Gasteiger partial charge on any atom is -0.484 e. The molecule has 2 heterocycles. The lowest BCUT2D eigenvalue weighted by Gasteiger charge is -2.38. The summed E-state index contributed by atoms with van der Waals surface area (Å²) in [4.78, 5) is 17.0. The molecule has 2 fully saturated rings. The Balaban J connectivity index is 1.51. The van der Waals surface area contributed by atoms with E-state index in [2.05, 4.69) is 24.8 Å². The van der Waals surface area contributed by atoms with E-state index in [9.17, 15) is 4.79 Å². The van der Waals surface area contributed by atoms with E-state index in [1.807, 2.05) is 4.90 Å². The monoisotopic (exact) mass is 357 g/mol. The highest BCUT2D eigenvalue weighted by atomic mass is 16.5. The number of hydrogen-bond donors (Lipinski definition) is 0. The van der Waals surface area contributed by atoms with Crippen LogP contribution in [0.15, 0.2) is 24.3 Å². The van der Waals surface area contributed by atoms with Gasteiger partial charge in [0, 0.05) is 32.2 Å². The number of ether oxygens (including phenoxy) is 2. The largest absolute Gasteiger partial charge is 0.484 e. The van der Waals surface area contributed by atoms with Gasteiger partial charge >= 0.3 is 0 Å². The van der Waals surface area contributed by atoms with Crippen LogP contribution in [0.4, 0.5) is 0 Å². The van der Waals surface area contributed by atoms with Gasteiger partial charge in [-0.3, -0.25) is 9.69 Å². The SMILES string of the molecule is C[C@@H]1CN(C[C@H]2CCCN2C(=O)COc2ccc(C#N)cc2)C[C@H](C)O1. The third-order valence-electron chi connectivity index (χ3n) is 5.01. The van der Waals surface area contributed by atoms with Crippen LogP contribution in [0, 0.1) is 11.3 Å². The Kier molecular flexibility index (Phi) is 6.12. The number of benzene rings is 1. The number of carbonyl (C=O) groups excluding carboxylic acids is 1. The minimum absolute atomic E-state index is 0.0335. The minimum atomic E-state index is 0.0335. The van der Waals surface area contributed by atoms with Crippen molar-refractivity contribution in [1.29, 1.82) is 5.26 Å². The van der Waals surface area contributed by atoms with Gasteiger partial charge in [-0.1, -0.05) is 0 Å². The first-order valence-electron chi connectivity index (χ1n) is 9.35. The molecule has 3 atom stereocenters. The molecule has 140 valence electrons. The van der Waals surface area contributed by atoms with Crippen molar-refractivity contribution in [1.82, 2.24) is 9.80 Å². The van der Waals surface area contributed by atoms with Gasteiger partial charge in [0.1, 0.15) is 5.75 Å². The summed E-state index contributed by atoms with van der Waals surface area (Å²) in [7, 11) is 0. The maximum absolute atomic E-state index is 12.6. The van der Waals surface area contributed by atoms with Crippen LogP contribution in [0.2, 0.25) is 0 Å². The maximum Gasteiger partial charge on any atom is 0.260 e. The number of likely N-dealkylation sites (tertiary alicyclic amines) is 1. The Hall–Kier alpha value is -2.10. The molecule has 1 aromatic carbocycles. The lowest BCUT2D eigenvalue weighted by molar-refractivity contribution is -0.135. The van der Waals surface area contributed by atoms with Crippen LogP contribution in [0.25, 0.3) is 0 Å². The van der Waals surface area contributed by atoms with Crippen molar-refractivity contribution in [2.24, 2.45) is 0 Å². The molecule has 0 spiro atoms. The molecule has 0 unspecified atom stereocenters. The van der Waals surface area contributed by atoms with Crippen LogP contribution in [0.3, 0.4) is 0 Å². The second kappa shape index (κ2) is 8.52. The first-order chi connectivity index (χ1) is 12.5. The summed E-state index contributed by atoms with van der Waals surface area (Å²) in [5, 5.41) is 8.82. The molecule has 1 amide bonds. The topological polar surface area (TPSA) is 65.8 Å². The van der Waals surface area contributed by atoms with Crippen LogP contribution in [-0.4, -0.2) is 66.7 Å². The van der Waals surface area contributed by atoms with Gasteiger partial charge in [-0.2, -0.15) is 5.26 Å². The van der Waals surface area contributed by atoms with Gasteiger partial charge in [-0.15, -0.1) is 0 Å². The smallest absolute Gasteiger partial charge is 0.260 e. The summed E-state index contributed by atoms with van der Waals surface area (Å²) in [6.45, 7) is 7.79. The van der Waals surface area contributed by atoms with Gasteiger partial charge < -0.3 is 14.4 Å². The van der Waals surface area contributed by atoms with E-state index < -0.39 is 0 Å². The molecule has 26 heavy (non-hydrogen) atoms. The van der Waals surface area contributed by atoms with Crippen molar-refractivity contribution < 1.29 is 14.3 Å². The fraction of sp³-hybridized carbons (Fsp3) is 0.600. The van der Waals surface area contributed by atoms with Crippen molar-refractivity contribution in [3.63, 3.8) is 0 Å². The summed E-state index contributed by atoms with van der Waals surface area (Å²) in [6.07, 6.45) is 2.57. The van der Waals surface area contributed by atoms with E-state index >= 15 is 0 Å². The molecule has 0 radical (unpaired) electrons. The maximum atomic E-state index is 12.6. The highest BCUT2D eigenvalue weighted by Gasteiger charge is 2.32. The van der Waals surface area contributed by atoms with Crippen LogP contribution in [0.1, 0.15) is 32.3 Å². The molecule has 0 bridgehead atoms. The average Bonchev–Trinajstić information content (AvgIpc) is 3.07. The first kappa shape index (κ1) is 18.7. The summed E-state index contributed by atoms with van der Waals surface area (Å²) >= 11 is 0. The average molecular weight is 357 g/mol. The Labute approximate surface area is 155 Å². The Morgan fingerprint density at radius 2 is 1.96 bits per heavy atom. The molecular formula is C20H27N3O3. The van der Waals surface area contributed by atoms with E-state index in [1.165, 1.54) is 0 Å². The summed E-state index contributed by atoms with van der Waals surface area (Å²) in [6, 6.07) is 9.16. The van der Waals surface area contributed by atoms with E-state index in [4.69, 9.17) is 14.7 Å². The van der Waals surface area contributed by atoms with Crippen molar-refractivity contribution in [3.8, 4) is 11.8 Å². The molecule has 0 N–H and O–H groups in total. The fourth-order valence-electron chi connectivity index (χ4n) is 3.94. The molecule has 0 aliphatic carbocycles. The highest BCUT2D eigenvalue weighted by Crippen LogP contribution is 2.21. The van der Waals surface area contributed by atoms with Gasteiger partial charge in [0.05, 0.1) is 23.8 Å². The number of nitriles is 1. The Morgan fingerprint density at radius 1 is 1.27 bits per heavy atom. The van der Waals surface area contributed by atoms with Crippen LogP contribution < -0.4 is 4.74 Å². The van der Waals surface area contributed by atoms with E-state index in [0.29, 0.717) is 11.3 Å². The third kappa shape index (κ3) is 4.75. The molecule has 2 saturated heterocycles. The molecule has 3 rings (SSSR count). The molecule has 1 aromatic rings. The first-order valence-corrected chi connectivity index (χ1v) is 9.35. The van der Waals surface area contributed by atoms with Crippen molar-refractivity contribution in [3.05, 3.63) is 29.8 Å². The van der Waals surface area contributed by atoms with Gasteiger partial charge in [-0.25, -0.2) is 0 Å². The highest BCUT2D eigenvalue weighted by molar-refractivity contribution is 5.78. The zero-order chi connectivity index (χ0) is 18.5. The second-order valence-electron chi connectivity index (χ2n) is 7.28. The van der Waals surface area contributed by atoms with Gasteiger partial charge in [0.25, 0.3) is 5.91 Å². The third-order valence-corrected chi connectivity index (χ3v) is 5.01. The van der Waals surface area contributed by atoms with Crippen LogP contribution in [0.5, 0.6) is 5.75 Å². The fourth-order valence-corrected chi connectivity index (χ4v) is 3.94. The van der Waals surface area contributed by atoms with E-state index in [1.54, 1.807) is 24.3 Å². The molecule has 2 aliphatic rings. The molecular weight excluding hydrogens is 330 g/mol. The number of hydrogen-bond acceptors (Lipinski definition) is 5. The quantitative estimate of drug-likeness (QED) is 0.807. The second-order valence-corrected chi connectivity index (χ2v) is 7.28. The number of carbonyl (C=O) groups is 1. The molecule has 2 aliphatic heterocycles. The lowest BCUT2D eigenvalue weighted by Crippen LogP contribution is -2.51. The van der Waals surface area contributed by atoms with Crippen molar-refractivity contribution >= 4 is 5.91 Å². The number of rotatable bonds is 5. The Morgan fingerprint density at radius 3 is 2.62 bits per heavy atom. The standard InChI is InChI=1S/C20H27N3O3/c1-15-11-22(12-16(2)26-15)13-18-4-3-9-23(18)20(24)14-25-19-7-5-17(10-21)6-8-19/h5-8,15-16,18H,3-4,9,11-14H2,1-2H3/t15-,16+,18-/m1/s1. The number of amides is 1. The van der Waals surface area contributed by atoms with Crippen molar-refractivity contribution in [2.75, 3.05) is 32.8 Å². The number of morpholine rings is 1. The zero-order valence-electron chi connectivity index (χ0n) is 15.6. The summed E-state index contributed by atoms with van der Waals surface area (Å²) < 4.78 is 11.4. The predicted molar refractivity (Wildman–Crippen MR) is 97.8 cm³/mol. The van der Waals surface area contributed by atoms with Gasteiger partial charge in [0.2, 0.25) is 0 Å². The zero-order valence-corrected chi connectivity index (χ0v) is 15.6. The Bertz CT molecular complexity index is 645. The van der Waals surface area contributed by atoms with Crippen LogP contribution in [-0.2, 0) is 9.53 Å². The molecule has 0 aromatic heterocycles. The number of nitrogens with zero attached hydrogens (tertiary/aromatic N) is 3. The van der Waals surface area contributed by atoms with Gasteiger partial charge in [-0.05, 0) is 51.0 Å². The van der Waals surface area contributed by atoms with E-state index in [-0.39, 0.29) is 30.8 Å². The van der Waals surface area contributed by atoms with Gasteiger partial charge in [0.15, 0.2) is 6.61 Å². The van der Waals surface area contributed by atoms with Crippen LogP contribution >= 0.6 is 0 Å². The lowest BCUT2D eigenvalue weighted by atomic mass is 10.1.